The largest absolute Gasteiger partial charge is 0.342 e. The zero-order valence-electron chi connectivity index (χ0n) is 12.5. The quantitative estimate of drug-likeness (QED) is 0.735. The minimum absolute atomic E-state index is 0.221. The summed E-state index contributed by atoms with van der Waals surface area (Å²) in [6.07, 6.45) is 2.03. The molecule has 0 saturated carbocycles. The number of amides is 1. The molecule has 1 amide bonds. The maximum Gasteiger partial charge on any atom is 0.236 e. The molecule has 0 spiro atoms. The van der Waals surface area contributed by atoms with Crippen molar-refractivity contribution in [3.63, 3.8) is 0 Å². The Labute approximate surface area is 120 Å². The molecule has 1 heterocycles. The van der Waals surface area contributed by atoms with Gasteiger partial charge in [0.15, 0.2) is 0 Å². The number of likely N-dealkylation sites (N-methyl/N-ethyl adjacent to an activating group) is 1. The Kier molecular flexibility index (Phi) is 7.02. The fourth-order valence-corrected chi connectivity index (χ4v) is 2.65. The normalized spacial score (nSPS) is 11.0. The molecule has 1 aromatic rings. The van der Waals surface area contributed by atoms with Crippen LogP contribution in [0.25, 0.3) is 0 Å². The second kappa shape index (κ2) is 8.27. The van der Waals surface area contributed by atoms with Crippen molar-refractivity contribution in [3.8, 4) is 0 Å². The Bertz CT molecular complexity index is 386. The van der Waals surface area contributed by atoms with Gasteiger partial charge in [-0.15, -0.1) is 11.3 Å². The van der Waals surface area contributed by atoms with E-state index in [0.717, 1.165) is 43.2 Å². The lowest BCUT2D eigenvalue weighted by atomic mass is 10.3. The highest BCUT2D eigenvalue weighted by molar-refractivity contribution is 7.09. The SMILES string of the molecule is CCCN(CCC)C(=O)CN(C)Cc1csc(C)n1. The van der Waals surface area contributed by atoms with Crippen molar-refractivity contribution in [2.45, 2.75) is 40.2 Å². The van der Waals surface area contributed by atoms with Crippen LogP contribution in [0.1, 0.15) is 37.4 Å². The number of thiazole rings is 1. The monoisotopic (exact) mass is 283 g/mol. The number of rotatable bonds is 8. The molecule has 108 valence electrons. The summed E-state index contributed by atoms with van der Waals surface area (Å²) < 4.78 is 0. The summed E-state index contributed by atoms with van der Waals surface area (Å²) in [6, 6.07) is 0. The van der Waals surface area contributed by atoms with E-state index in [1.54, 1.807) is 11.3 Å². The molecule has 0 unspecified atom stereocenters. The molecule has 0 radical (unpaired) electrons. The second-order valence-electron chi connectivity index (χ2n) is 4.91. The van der Waals surface area contributed by atoms with Gasteiger partial charge in [0.05, 0.1) is 17.2 Å². The highest BCUT2D eigenvalue weighted by Crippen LogP contribution is 2.09. The van der Waals surface area contributed by atoms with E-state index in [4.69, 9.17) is 0 Å². The van der Waals surface area contributed by atoms with Gasteiger partial charge in [0.2, 0.25) is 5.91 Å². The zero-order chi connectivity index (χ0) is 14.3. The third-order valence-electron chi connectivity index (χ3n) is 2.84. The molecular weight excluding hydrogens is 258 g/mol. The Morgan fingerprint density at radius 1 is 1.32 bits per heavy atom. The van der Waals surface area contributed by atoms with Crippen LogP contribution in [-0.4, -0.2) is 47.4 Å². The summed E-state index contributed by atoms with van der Waals surface area (Å²) in [5.74, 6) is 0.221. The lowest BCUT2D eigenvalue weighted by molar-refractivity contribution is -0.132. The average Bonchev–Trinajstić information content (AvgIpc) is 2.74. The Morgan fingerprint density at radius 3 is 2.42 bits per heavy atom. The lowest BCUT2D eigenvalue weighted by Crippen LogP contribution is -2.39. The van der Waals surface area contributed by atoms with E-state index < -0.39 is 0 Å². The predicted molar refractivity (Wildman–Crippen MR) is 80.3 cm³/mol. The number of aromatic nitrogens is 1. The minimum Gasteiger partial charge on any atom is -0.342 e. The molecule has 5 heteroatoms. The standard InChI is InChI=1S/C14H25N3OS/c1-5-7-17(8-6-2)14(18)10-16(4)9-13-11-19-12(3)15-13/h11H,5-10H2,1-4H3. The van der Waals surface area contributed by atoms with Gasteiger partial charge in [0.1, 0.15) is 0 Å². The third-order valence-corrected chi connectivity index (χ3v) is 3.67. The van der Waals surface area contributed by atoms with E-state index in [2.05, 4.69) is 24.2 Å². The van der Waals surface area contributed by atoms with Gasteiger partial charge in [0, 0.05) is 25.0 Å². The van der Waals surface area contributed by atoms with Crippen LogP contribution in [0.3, 0.4) is 0 Å². The molecule has 1 aromatic heterocycles. The van der Waals surface area contributed by atoms with Crippen LogP contribution < -0.4 is 0 Å². The first-order valence-electron chi connectivity index (χ1n) is 6.94. The first-order chi connectivity index (χ1) is 9.06. The van der Waals surface area contributed by atoms with Crippen LogP contribution in [0.15, 0.2) is 5.38 Å². The average molecular weight is 283 g/mol. The van der Waals surface area contributed by atoms with E-state index in [9.17, 15) is 4.79 Å². The van der Waals surface area contributed by atoms with Crippen molar-refractivity contribution >= 4 is 17.2 Å². The Hall–Kier alpha value is -0.940. The van der Waals surface area contributed by atoms with Gasteiger partial charge < -0.3 is 4.90 Å². The van der Waals surface area contributed by atoms with E-state index in [1.165, 1.54) is 0 Å². The van der Waals surface area contributed by atoms with Crippen LogP contribution in [0.5, 0.6) is 0 Å². The molecule has 1 rings (SSSR count). The number of hydrogen-bond donors (Lipinski definition) is 0. The smallest absolute Gasteiger partial charge is 0.236 e. The van der Waals surface area contributed by atoms with Crippen LogP contribution in [0.2, 0.25) is 0 Å². The van der Waals surface area contributed by atoms with Crippen LogP contribution in [0.4, 0.5) is 0 Å². The fourth-order valence-electron chi connectivity index (χ4n) is 2.05. The van der Waals surface area contributed by atoms with Gasteiger partial charge in [-0.1, -0.05) is 13.8 Å². The summed E-state index contributed by atoms with van der Waals surface area (Å²) in [5, 5.41) is 3.14. The van der Waals surface area contributed by atoms with Gasteiger partial charge in [-0.3, -0.25) is 9.69 Å². The van der Waals surface area contributed by atoms with Gasteiger partial charge in [0.25, 0.3) is 0 Å². The summed E-state index contributed by atoms with van der Waals surface area (Å²) in [7, 11) is 1.97. The molecule has 0 aromatic carbocycles. The molecule has 0 aliphatic rings. The molecule has 0 aliphatic carbocycles. The number of hydrogen-bond acceptors (Lipinski definition) is 4. The predicted octanol–water partition coefficient (Wildman–Crippen LogP) is 2.53. The number of aryl methyl sites for hydroxylation is 1. The topological polar surface area (TPSA) is 36.4 Å². The van der Waals surface area contributed by atoms with Gasteiger partial charge >= 0.3 is 0 Å². The van der Waals surface area contributed by atoms with Gasteiger partial charge in [-0.25, -0.2) is 4.98 Å². The van der Waals surface area contributed by atoms with Crippen molar-refractivity contribution in [1.82, 2.24) is 14.8 Å². The second-order valence-corrected chi connectivity index (χ2v) is 5.97. The number of nitrogens with zero attached hydrogens (tertiary/aromatic N) is 3. The van der Waals surface area contributed by atoms with Crippen LogP contribution in [0, 0.1) is 6.92 Å². The summed E-state index contributed by atoms with van der Waals surface area (Å²) in [6.45, 7) is 9.14. The highest BCUT2D eigenvalue weighted by Gasteiger charge is 2.14. The van der Waals surface area contributed by atoms with Crippen molar-refractivity contribution in [1.29, 1.82) is 0 Å². The van der Waals surface area contributed by atoms with E-state index in [0.29, 0.717) is 6.54 Å². The molecule has 0 saturated heterocycles. The zero-order valence-corrected chi connectivity index (χ0v) is 13.3. The molecule has 19 heavy (non-hydrogen) atoms. The highest BCUT2D eigenvalue weighted by atomic mass is 32.1. The summed E-state index contributed by atoms with van der Waals surface area (Å²) in [5.41, 5.74) is 1.05. The van der Waals surface area contributed by atoms with E-state index in [1.807, 2.05) is 23.8 Å². The first-order valence-corrected chi connectivity index (χ1v) is 7.82. The van der Waals surface area contributed by atoms with Crippen LogP contribution in [-0.2, 0) is 11.3 Å². The maximum atomic E-state index is 12.2. The molecule has 0 aliphatic heterocycles. The summed E-state index contributed by atoms with van der Waals surface area (Å²) in [4.78, 5) is 20.6. The summed E-state index contributed by atoms with van der Waals surface area (Å²) >= 11 is 1.65. The Balaban J connectivity index is 2.45. The van der Waals surface area contributed by atoms with Crippen LogP contribution >= 0.6 is 11.3 Å². The number of carbonyl (C=O) groups is 1. The molecule has 4 nitrogen and oxygen atoms in total. The first kappa shape index (κ1) is 16.1. The van der Waals surface area contributed by atoms with Gasteiger partial charge in [-0.05, 0) is 26.8 Å². The van der Waals surface area contributed by atoms with E-state index in [-0.39, 0.29) is 5.91 Å². The Morgan fingerprint density at radius 2 is 1.95 bits per heavy atom. The maximum absolute atomic E-state index is 12.2. The van der Waals surface area contributed by atoms with Gasteiger partial charge in [-0.2, -0.15) is 0 Å². The van der Waals surface area contributed by atoms with Crippen molar-refractivity contribution in [2.75, 3.05) is 26.7 Å². The van der Waals surface area contributed by atoms with E-state index >= 15 is 0 Å². The molecule has 0 atom stereocenters. The molecule has 0 N–H and O–H groups in total. The lowest BCUT2D eigenvalue weighted by Gasteiger charge is -2.24. The van der Waals surface area contributed by atoms with Crippen molar-refractivity contribution in [3.05, 3.63) is 16.1 Å². The molecule has 0 fully saturated rings. The fraction of sp³-hybridized carbons (Fsp3) is 0.714. The van der Waals surface area contributed by atoms with Crippen molar-refractivity contribution in [2.24, 2.45) is 0 Å². The molecular formula is C14H25N3OS. The minimum atomic E-state index is 0.221. The van der Waals surface area contributed by atoms with Crippen molar-refractivity contribution < 1.29 is 4.79 Å². The number of carbonyl (C=O) groups excluding carboxylic acids is 1. The molecule has 0 bridgehead atoms. The third kappa shape index (κ3) is 5.70.